The van der Waals surface area contributed by atoms with Crippen LogP contribution in [0.5, 0.6) is 0 Å². The van der Waals surface area contributed by atoms with Gasteiger partial charge in [0.05, 0.1) is 0 Å². The zero-order chi connectivity index (χ0) is 13.8. The molecule has 0 radical (unpaired) electrons. The van der Waals surface area contributed by atoms with Crippen molar-refractivity contribution in [2.45, 2.75) is 12.3 Å². The summed E-state index contributed by atoms with van der Waals surface area (Å²) >= 11 is 3.35. The zero-order valence-electron chi connectivity index (χ0n) is 10.4. The molecule has 1 N–H and O–H groups in total. The van der Waals surface area contributed by atoms with Crippen LogP contribution in [0.25, 0.3) is 0 Å². The first kappa shape index (κ1) is 13.7. The lowest BCUT2D eigenvalue weighted by molar-refractivity contribution is 0.102. The number of anilines is 1. The van der Waals surface area contributed by atoms with Gasteiger partial charge in [-0.3, -0.25) is 4.79 Å². The molecule has 2 rings (SSSR count). The maximum Gasteiger partial charge on any atom is 0.255 e. The van der Waals surface area contributed by atoms with Crippen molar-refractivity contribution in [3.63, 3.8) is 0 Å². The van der Waals surface area contributed by atoms with Gasteiger partial charge in [0.25, 0.3) is 5.91 Å². The standard InChI is InChI=1S/C15H13BrFNO/c1-10-2-7-13(17)8-14(10)18-15(19)12-5-3-11(9-16)4-6-12/h2-8H,9H2,1H3,(H,18,19). The van der Waals surface area contributed by atoms with E-state index in [2.05, 4.69) is 21.2 Å². The van der Waals surface area contributed by atoms with Gasteiger partial charge in [-0.05, 0) is 42.3 Å². The van der Waals surface area contributed by atoms with Gasteiger partial charge in [-0.25, -0.2) is 4.39 Å². The van der Waals surface area contributed by atoms with E-state index in [1.54, 1.807) is 18.2 Å². The second-order valence-electron chi connectivity index (χ2n) is 4.24. The number of aryl methyl sites for hydroxylation is 1. The number of rotatable bonds is 3. The maximum atomic E-state index is 13.1. The molecule has 98 valence electrons. The third-order valence-electron chi connectivity index (χ3n) is 2.82. The van der Waals surface area contributed by atoms with Crippen molar-refractivity contribution in [1.29, 1.82) is 0 Å². The fourth-order valence-electron chi connectivity index (χ4n) is 1.67. The molecule has 0 fully saturated rings. The van der Waals surface area contributed by atoms with Crippen LogP contribution in [-0.2, 0) is 5.33 Å². The second-order valence-corrected chi connectivity index (χ2v) is 4.80. The van der Waals surface area contributed by atoms with Crippen LogP contribution in [0.2, 0.25) is 0 Å². The summed E-state index contributed by atoms with van der Waals surface area (Å²) in [6, 6.07) is 11.6. The lowest BCUT2D eigenvalue weighted by Gasteiger charge is -2.08. The van der Waals surface area contributed by atoms with Gasteiger partial charge >= 0.3 is 0 Å². The molecule has 2 nitrogen and oxygen atoms in total. The molecule has 2 aromatic carbocycles. The Kier molecular flexibility index (Phi) is 4.32. The molecule has 0 heterocycles. The number of amides is 1. The fraction of sp³-hybridized carbons (Fsp3) is 0.133. The van der Waals surface area contributed by atoms with E-state index in [9.17, 15) is 9.18 Å². The number of benzene rings is 2. The van der Waals surface area contributed by atoms with Crippen molar-refractivity contribution in [2.24, 2.45) is 0 Å². The van der Waals surface area contributed by atoms with Gasteiger partial charge in [-0.2, -0.15) is 0 Å². The number of hydrogen-bond acceptors (Lipinski definition) is 1. The molecule has 0 aliphatic rings. The normalized spacial score (nSPS) is 10.3. The molecule has 0 saturated carbocycles. The number of carbonyl (C=O) groups is 1. The van der Waals surface area contributed by atoms with E-state index < -0.39 is 0 Å². The van der Waals surface area contributed by atoms with E-state index >= 15 is 0 Å². The van der Waals surface area contributed by atoms with Crippen molar-refractivity contribution in [1.82, 2.24) is 0 Å². The molecule has 0 bridgehead atoms. The topological polar surface area (TPSA) is 29.1 Å². The SMILES string of the molecule is Cc1ccc(F)cc1NC(=O)c1ccc(CBr)cc1. The van der Waals surface area contributed by atoms with E-state index in [0.29, 0.717) is 11.3 Å². The van der Waals surface area contributed by atoms with Crippen molar-refractivity contribution in [3.8, 4) is 0 Å². The first-order chi connectivity index (χ1) is 9.10. The minimum Gasteiger partial charge on any atom is -0.322 e. The smallest absolute Gasteiger partial charge is 0.255 e. The summed E-state index contributed by atoms with van der Waals surface area (Å²) in [5, 5.41) is 3.46. The van der Waals surface area contributed by atoms with Crippen LogP contribution in [-0.4, -0.2) is 5.91 Å². The van der Waals surface area contributed by atoms with E-state index in [-0.39, 0.29) is 11.7 Å². The first-order valence-electron chi connectivity index (χ1n) is 5.82. The Balaban J connectivity index is 2.18. The molecule has 0 unspecified atom stereocenters. The molecule has 4 heteroatoms. The summed E-state index contributed by atoms with van der Waals surface area (Å²) in [5.74, 6) is -0.606. The third kappa shape index (κ3) is 3.41. The fourth-order valence-corrected chi connectivity index (χ4v) is 2.04. The van der Waals surface area contributed by atoms with Crippen LogP contribution in [0.3, 0.4) is 0 Å². The summed E-state index contributed by atoms with van der Waals surface area (Å²) in [4.78, 5) is 12.0. The Morgan fingerprint density at radius 1 is 1.21 bits per heavy atom. The minimum absolute atomic E-state index is 0.241. The quantitative estimate of drug-likeness (QED) is 0.840. The lowest BCUT2D eigenvalue weighted by atomic mass is 10.1. The van der Waals surface area contributed by atoms with Gasteiger partial charge in [0.1, 0.15) is 5.82 Å². The Hall–Kier alpha value is -1.68. The molecule has 19 heavy (non-hydrogen) atoms. The molecule has 1 amide bonds. The van der Waals surface area contributed by atoms with E-state index in [1.807, 2.05) is 19.1 Å². The molecule has 0 atom stereocenters. The number of carbonyl (C=O) groups excluding carboxylic acids is 1. The van der Waals surface area contributed by atoms with Crippen LogP contribution in [0.15, 0.2) is 42.5 Å². The molecular weight excluding hydrogens is 309 g/mol. The first-order valence-corrected chi connectivity index (χ1v) is 6.94. The number of hydrogen-bond donors (Lipinski definition) is 1. The second kappa shape index (κ2) is 5.97. The van der Waals surface area contributed by atoms with Gasteiger partial charge in [-0.15, -0.1) is 0 Å². The van der Waals surface area contributed by atoms with Gasteiger partial charge < -0.3 is 5.32 Å². The number of halogens is 2. The van der Waals surface area contributed by atoms with Crippen LogP contribution < -0.4 is 5.32 Å². The Morgan fingerprint density at radius 3 is 2.53 bits per heavy atom. The molecule has 0 aliphatic heterocycles. The molecule has 0 saturated heterocycles. The van der Waals surface area contributed by atoms with Crippen LogP contribution in [0.4, 0.5) is 10.1 Å². The van der Waals surface area contributed by atoms with Gasteiger partial charge in [0.2, 0.25) is 0 Å². The van der Waals surface area contributed by atoms with Crippen molar-refractivity contribution in [3.05, 3.63) is 65.0 Å². The minimum atomic E-state index is -0.365. The summed E-state index contributed by atoms with van der Waals surface area (Å²) in [7, 11) is 0. The Labute approximate surface area is 119 Å². The molecule has 0 aliphatic carbocycles. The van der Waals surface area contributed by atoms with E-state index in [0.717, 1.165) is 16.5 Å². The van der Waals surface area contributed by atoms with Crippen LogP contribution >= 0.6 is 15.9 Å². The highest BCUT2D eigenvalue weighted by atomic mass is 79.9. The molecule has 0 aromatic heterocycles. The average Bonchev–Trinajstić information content (AvgIpc) is 2.43. The van der Waals surface area contributed by atoms with E-state index in [1.165, 1.54) is 12.1 Å². The van der Waals surface area contributed by atoms with E-state index in [4.69, 9.17) is 0 Å². The largest absolute Gasteiger partial charge is 0.322 e. The number of nitrogens with one attached hydrogen (secondary N) is 1. The number of alkyl halides is 1. The summed E-state index contributed by atoms with van der Waals surface area (Å²) in [6.45, 7) is 1.82. The summed E-state index contributed by atoms with van der Waals surface area (Å²) in [5.41, 5.74) is 2.97. The van der Waals surface area contributed by atoms with Crippen molar-refractivity contribution >= 4 is 27.5 Å². The van der Waals surface area contributed by atoms with Crippen molar-refractivity contribution < 1.29 is 9.18 Å². The maximum absolute atomic E-state index is 13.1. The molecule has 0 spiro atoms. The van der Waals surface area contributed by atoms with Gasteiger partial charge in [-0.1, -0.05) is 34.1 Å². The monoisotopic (exact) mass is 321 g/mol. The zero-order valence-corrected chi connectivity index (χ0v) is 12.0. The van der Waals surface area contributed by atoms with Gasteiger partial charge in [0, 0.05) is 16.6 Å². The highest BCUT2D eigenvalue weighted by Gasteiger charge is 2.08. The highest BCUT2D eigenvalue weighted by molar-refractivity contribution is 9.08. The highest BCUT2D eigenvalue weighted by Crippen LogP contribution is 2.17. The van der Waals surface area contributed by atoms with Crippen LogP contribution in [0, 0.1) is 12.7 Å². The molecular formula is C15H13BrFNO. The predicted octanol–water partition coefficient (Wildman–Crippen LogP) is 4.28. The Morgan fingerprint density at radius 2 is 1.89 bits per heavy atom. The average molecular weight is 322 g/mol. The Bertz CT molecular complexity index is 596. The van der Waals surface area contributed by atoms with Crippen molar-refractivity contribution in [2.75, 3.05) is 5.32 Å². The predicted molar refractivity (Wildman–Crippen MR) is 78.2 cm³/mol. The van der Waals surface area contributed by atoms with Gasteiger partial charge in [0.15, 0.2) is 0 Å². The summed E-state index contributed by atoms with van der Waals surface area (Å²) in [6.07, 6.45) is 0. The van der Waals surface area contributed by atoms with Crippen LogP contribution in [0.1, 0.15) is 21.5 Å². The lowest BCUT2D eigenvalue weighted by Crippen LogP contribution is -2.12. The molecule has 2 aromatic rings. The third-order valence-corrected chi connectivity index (χ3v) is 3.47. The summed E-state index contributed by atoms with van der Waals surface area (Å²) < 4.78 is 13.1.